The van der Waals surface area contributed by atoms with E-state index >= 15 is 0 Å². The Morgan fingerprint density at radius 2 is 2.00 bits per heavy atom. The molecule has 1 aromatic rings. The van der Waals surface area contributed by atoms with E-state index in [4.69, 9.17) is 9.84 Å². The molecule has 0 fully saturated rings. The van der Waals surface area contributed by atoms with Gasteiger partial charge in [-0.3, -0.25) is 0 Å². The summed E-state index contributed by atoms with van der Waals surface area (Å²) in [6.07, 6.45) is -1.28. The monoisotopic (exact) mass is 265 g/mol. The fraction of sp³-hybridized carbons (Fsp3) is 0.231. The summed E-state index contributed by atoms with van der Waals surface area (Å²) in [5, 5.41) is 20.2. The van der Waals surface area contributed by atoms with Crippen molar-refractivity contribution in [3.05, 3.63) is 48.6 Å². The number of ether oxygens (including phenoxy) is 1. The van der Waals surface area contributed by atoms with Crippen LogP contribution in [0.2, 0.25) is 0 Å². The average molecular weight is 265 g/mol. The van der Waals surface area contributed by atoms with Crippen molar-refractivity contribution in [2.24, 2.45) is 0 Å². The first kappa shape index (κ1) is 14.7. The Labute approximate surface area is 110 Å². The molecule has 0 aliphatic rings. The van der Waals surface area contributed by atoms with Gasteiger partial charge >= 0.3 is 12.1 Å². The highest BCUT2D eigenvalue weighted by molar-refractivity contribution is 5.80. The van der Waals surface area contributed by atoms with Crippen molar-refractivity contribution >= 4 is 12.1 Å². The van der Waals surface area contributed by atoms with Crippen LogP contribution in [0.1, 0.15) is 5.56 Å². The van der Waals surface area contributed by atoms with Crippen molar-refractivity contribution in [3.8, 4) is 0 Å². The summed E-state index contributed by atoms with van der Waals surface area (Å²) in [6, 6.07) is 7.45. The summed E-state index contributed by atoms with van der Waals surface area (Å²) < 4.78 is 4.84. The Morgan fingerprint density at radius 1 is 1.37 bits per heavy atom. The Bertz CT molecular complexity index is 446. The molecule has 1 rings (SSSR count). The van der Waals surface area contributed by atoms with Crippen LogP contribution in [0.3, 0.4) is 0 Å². The quantitative estimate of drug-likeness (QED) is 0.664. The second kappa shape index (κ2) is 7.17. The van der Waals surface area contributed by atoms with Gasteiger partial charge in [0.05, 0.1) is 0 Å². The number of aliphatic hydroxyl groups is 1. The molecule has 1 amide bonds. The fourth-order valence-electron chi connectivity index (χ4n) is 1.32. The van der Waals surface area contributed by atoms with Gasteiger partial charge in [-0.15, -0.1) is 6.58 Å². The van der Waals surface area contributed by atoms with E-state index in [1.54, 1.807) is 24.3 Å². The number of hydrogen-bond acceptors (Lipinski definition) is 4. The van der Waals surface area contributed by atoms with Gasteiger partial charge in [0, 0.05) is 0 Å². The number of rotatable bonds is 6. The zero-order valence-electron chi connectivity index (χ0n) is 10.2. The lowest BCUT2D eigenvalue weighted by atomic mass is 10.1. The molecule has 6 nitrogen and oxygen atoms in total. The maximum atomic E-state index is 11.4. The number of hydrogen-bond donors (Lipinski definition) is 3. The zero-order valence-corrected chi connectivity index (χ0v) is 10.2. The Morgan fingerprint density at radius 3 is 2.53 bits per heavy atom. The summed E-state index contributed by atoms with van der Waals surface area (Å²) in [5.41, 5.74) is 0.772. The van der Waals surface area contributed by atoms with E-state index in [1.165, 1.54) is 0 Å². The Balaban J connectivity index is 2.49. The molecule has 1 aromatic carbocycles. The van der Waals surface area contributed by atoms with Crippen molar-refractivity contribution in [2.75, 3.05) is 0 Å². The Kier molecular flexibility index (Phi) is 5.56. The van der Waals surface area contributed by atoms with Crippen LogP contribution >= 0.6 is 0 Å². The highest BCUT2D eigenvalue weighted by Gasteiger charge is 2.26. The minimum absolute atomic E-state index is 0.0171. The van der Waals surface area contributed by atoms with Crippen LogP contribution in [0, 0.1) is 0 Å². The second-order valence-corrected chi connectivity index (χ2v) is 3.75. The van der Waals surface area contributed by atoms with Gasteiger partial charge in [0.15, 0.2) is 6.04 Å². The number of carboxylic acid groups (broad SMARTS) is 1. The molecule has 0 saturated carbocycles. The van der Waals surface area contributed by atoms with Crippen molar-refractivity contribution in [1.29, 1.82) is 0 Å². The first-order chi connectivity index (χ1) is 9.04. The summed E-state index contributed by atoms with van der Waals surface area (Å²) in [6.45, 7) is 3.28. The normalized spacial score (nSPS) is 13.1. The van der Waals surface area contributed by atoms with Gasteiger partial charge < -0.3 is 20.3 Å². The highest BCUT2D eigenvalue weighted by atomic mass is 16.5. The molecule has 6 heteroatoms. The molecule has 102 valence electrons. The average Bonchev–Trinajstić information content (AvgIpc) is 2.42. The van der Waals surface area contributed by atoms with Gasteiger partial charge in [-0.1, -0.05) is 36.4 Å². The third-order valence-electron chi connectivity index (χ3n) is 2.34. The molecule has 0 bridgehead atoms. The van der Waals surface area contributed by atoms with E-state index in [-0.39, 0.29) is 6.61 Å². The molecule has 2 unspecified atom stereocenters. The lowest BCUT2D eigenvalue weighted by molar-refractivity contribution is -0.141. The third-order valence-corrected chi connectivity index (χ3v) is 2.34. The number of amides is 1. The second-order valence-electron chi connectivity index (χ2n) is 3.75. The number of nitrogens with one attached hydrogen (secondary N) is 1. The highest BCUT2D eigenvalue weighted by Crippen LogP contribution is 2.02. The van der Waals surface area contributed by atoms with Crippen LogP contribution in [0.15, 0.2) is 43.0 Å². The predicted molar refractivity (Wildman–Crippen MR) is 67.4 cm³/mol. The lowest BCUT2D eigenvalue weighted by Crippen LogP contribution is -2.48. The van der Waals surface area contributed by atoms with Crippen LogP contribution in [0.4, 0.5) is 4.79 Å². The first-order valence-electron chi connectivity index (χ1n) is 5.55. The number of aliphatic hydroxyl groups excluding tert-OH is 1. The SMILES string of the molecule is C=CC(O)C(NC(=O)OCc1ccccc1)C(=O)O. The van der Waals surface area contributed by atoms with Gasteiger partial charge in [0.1, 0.15) is 12.7 Å². The maximum Gasteiger partial charge on any atom is 0.408 e. The molecule has 0 spiro atoms. The number of alkyl carbamates (subject to hydrolysis) is 1. The minimum Gasteiger partial charge on any atom is -0.480 e. The Hall–Kier alpha value is -2.34. The molecule has 2 atom stereocenters. The van der Waals surface area contributed by atoms with Gasteiger partial charge in [-0.05, 0) is 5.56 Å². The van der Waals surface area contributed by atoms with E-state index in [0.717, 1.165) is 11.6 Å². The third kappa shape index (κ3) is 4.81. The smallest absolute Gasteiger partial charge is 0.408 e. The van der Waals surface area contributed by atoms with Crippen molar-refractivity contribution < 1.29 is 24.5 Å². The number of carbonyl (C=O) groups excluding carboxylic acids is 1. The minimum atomic E-state index is -1.49. The standard InChI is InChI=1S/C13H15NO5/c1-2-10(15)11(12(16)17)14-13(18)19-8-9-6-4-3-5-7-9/h2-7,10-11,15H,1,8H2,(H,14,18)(H,16,17). The maximum absolute atomic E-state index is 11.4. The van der Waals surface area contributed by atoms with E-state index in [1.807, 2.05) is 6.07 Å². The van der Waals surface area contributed by atoms with E-state index in [2.05, 4.69) is 11.9 Å². The van der Waals surface area contributed by atoms with Crippen molar-refractivity contribution in [3.63, 3.8) is 0 Å². The summed E-state index contributed by atoms with van der Waals surface area (Å²) in [4.78, 5) is 22.2. The number of carbonyl (C=O) groups is 2. The van der Waals surface area contributed by atoms with Crippen LogP contribution in [-0.4, -0.2) is 34.4 Å². The molecule has 0 radical (unpaired) electrons. The van der Waals surface area contributed by atoms with Crippen LogP contribution in [0.5, 0.6) is 0 Å². The van der Waals surface area contributed by atoms with Gasteiger partial charge in [-0.2, -0.15) is 0 Å². The molecule has 19 heavy (non-hydrogen) atoms. The van der Waals surface area contributed by atoms with Crippen LogP contribution in [-0.2, 0) is 16.1 Å². The molecular formula is C13H15NO5. The van der Waals surface area contributed by atoms with E-state index < -0.39 is 24.2 Å². The molecular weight excluding hydrogens is 250 g/mol. The van der Waals surface area contributed by atoms with E-state index in [9.17, 15) is 14.7 Å². The van der Waals surface area contributed by atoms with Crippen molar-refractivity contribution in [1.82, 2.24) is 5.32 Å². The molecule has 0 heterocycles. The lowest BCUT2D eigenvalue weighted by Gasteiger charge is -2.17. The number of aliphatic carboxylic acids is 1. The fourth-order valence-corrected chi connectivity index (χ4v) is 1.32. The summed E-state index contributed by atoms with van der Waals surface area (Å²) in [5.74, 6) is -1.37. The van der Waals surface area contributed by atoms with Gasteiger partial charge in [0.25, 0.3) is 0 Å². The largest absolute Gasteiger partial charge is 0.480 e. The molecule has 0 aliphatic heterocycles. The summed E-state index contributed by atoms with van der Waals surface area (Å²) in [7, 11) is 0. The molecule has 0 aliphatic carbocycles. The zero-order chi connectivity index (χ0) is 14.3. The topological polar surface area (TPSA) is 95.9 Å². The van der Waals surface area contributed by atoms with E-state index in [0.29, 0.717) is 0 Å². The summed E-state index contributed by atoms with van der Waals surface area (Å²) >= 11 is 0. The first-order valence-corrected chi connectivity index (χ1v) is 5.55. The number of benzene rings is 1. The molecule has 0 saturated heterocycles. The number of carboxylic acids is 1. The van der Waals surface area contributed by atoms with Crippen LogP contribution in [0.25, 0.3) is 0 Å². The van der Waals surface area contributed by atoms with Gasteiger partial charge in [-0.25, -0.2) is 9.59 Å². The molecule has 3 N–H and O–H groups in total. The van der Waals surface area contributed by atoms with Crippen molar-refractivity contribution in [2.45, 2.75) is 18.8 Å². The van der Waals surface area contributed by atoms with Crippen LogP contribution < -0.4 is 5.32 Å². The molecule has 0 aromatic heterocycles. The predicted octanol–water partition coefficient (Wildman–Crippen LogP) is 0.913. The van der Waals surface area contributed by atoms with Gasteiger partial charge in [0.2, 0.25) is 0 Å².